The van der Waals surface area contributed by atoms with E-state index in [9.17, 15) is 13.6 Å². The highest BCUT2D eigenvalue weighted by atomic mass is 19.1. The first-order chi connectivity index (χ1) is 16.5. The van der Waals surface area contributed by atoms with E-state index in [4.69, 9.17) is 4.74 Å². The molecule has 0 bridgehead atoms. The molecule has 0 spiro atoms. The van der Waals surface area contributed by atoms with E-state index in [0.29, 0.717) is 43.2 Å². The number of halogens is 2. The van der Waals surface area contributed by atoms with Crippen LogP contribution in [0.25, 0.3) is 0 Å². The SMILES string of the molecule is [CH2][C@H]1CO[C@H](CCc2c(F)cncc2NC(=O)C[C@@H](c2ccc(F)cc2)C2CCCCC2)CN1. The van der Waals surface area contributed by atoms with Crippen LogP contribution in [0.2, 0.25) is 0 Å². The fraction of sp³-hybridized carbons (Fsp3) is 0.519. The van der Waals surface area contributed by atoms with Crippen molar-refractivity contribution in [1.29, 1.82) is 0 Å². The van der Waals surface area contributed by atoms with Crippen molar-refractivity contribution >= 4 is 11.6 Å². The Morgan fingerprint density at radius 1 is 1.18 bits per heavy atom. The lowest BCUT2D eigenvalue weighted by Gasteiger charge is -2.30. The third-order valence-corrected chi connectivity index (χ3v) is 7.08. The van der Waals surface area contributed by atoms with Gasteiger partial charge >= 0.3 is 0 Å². The smallest absolute Gasteiger partial charge is 0.225 e. The van der Waals surface area contributed by atoms with Gasteiger partial charge in [-0.15, -0.1) is 0 Å². The van der Waals surface area contributed by atoms with Gasteiger partial charge in [0.05, 0.1) is 30.8 Å². The summed E-state index contributed by atoms with van der Waals surface area (Å²) in [7, 11) is 0. The van der Waals surface area contributed by atoms with E-state index < -0.39 is 5.82 Å². The number of aromatic nitrogens is 1. The number of carbonyl (C=O) groups is 1. The van der Waals surface area contributed by atoms with Gasteiger partial charge in [-0.05, 0) is 62.1 Å². The van der Waals surface area contributed by atoms with E-state index in [2.05, 4.69) is 22.5 Å². The summed E-state index contributed by atoms with van der Waals surface area (Å²) in [6.07, 6.45) is 9.63. The minimum Gasteiger partial charge on any atom is -0.375 e. The van der Waals surface area contributed by atoms with Gasteiger partial charge in [0.15, 0.2) is 0 Å². The molecule has 2 heterocycles. The number of ether oxygens (including phenoxy) is 1. The first kappa shape index (κ1) is 24.7. The monoisotopic (exact) mass is 470 g/mol. The van der Waals surface area contributed by atoms with Crippen molar-refractivity contribution < 1.29 is 18.3 Å². The molecular formula is C27H34F2N3O2. The predicted octanol–water partition coefficient (Wildman–Crippen LogP) is 5.18. The van der Waals surface area contributed by atoms with Gasteiger partial charge in [0, 0.05) is 24.6 Å². The molecule has 1 saturated carbocycles. The van der Waals surface area contributed by atoms with E-state index >= 15 is 0 Å². The molecule has 2 fully saturated rings. The molecule has 34 heavy (non-hydrogen) atoms. The molecule has 7 heteroatoms. The van der Waals surface area contributed by atoms with Crippen LogP contribution in [0.4, 0.5) is 14.5 Å². The number of anilines is 1. The summed E-state index contributed by atoms with van der Waals surface area (Å²) in [5.74, 6) is -0.511. The van der Waals surface area contributed by atoms with Crippen molar-refractivity contribution in [3.63, 3.8) is 0 Å². The van der Waals surface area contributed by atoms with Crippen LogP contribution < -0.4 is 10.6 Å². The Bertz CT molecular complexity index is 939. The summed E-state index contributed by atoms with van der Waals surface area (Å²) in [4.78, 5) is 17.1. The zero-order valence-corrected chi connectivity index (χ0v) is 19.6. The topological polar surface area (TPSA) is 63.2 Å². The third-order valence-electron chi connectivity index (χ3n) is 7.08. The number of morpholine rings is 1. The number of rotatable bonds is 8. The number of carbonyl (C=O) groups excluding carboxylic acids is 1. The van der Waals surface area contributed by atoms with E-state index in [1.165, 1.54) is 30.9 Å². The summed E-state index contributed by atoms with van der Waals surface area (Å²) >= 11 is 0. The highest BCUT2D eigenvalue weighted by molar-refractivity contribution is 5.91. The molecule has 0 unspecified atom stereocenters. The standard InChI is InChI=1S/C27H34F2N3O2/c1-18-17-34-22(14-31-18)11-12-23-25(29)15-30-16-26(23)32-27(33)13-24(19-5-3-2-4-6-19)20-7-9-21(28)10-8-20/h7-10,15-16,18-19,22,24,31H,1-6,11-14,17H2,(H,32,33)/t18-,22+,24+/m0/s1. The fourth-order valence-corrected chi connectivity index (χ4v) is 5.19. The molecule has 1 saturated heterocycles. The molecule has 2 aromatic rings. The number of benzene rings is 1. The van der Waals surface area contributed by atoms with Gasteiger partial charge in [0.1, 0.15) is 11.6 Å². The zero-order valence-electron chi connectivity index (χ0n) is 19.6. The Morgan fingerprint density at radius 2 is 1.94 bits per heavy atom. The normalized spacial score (nSPS) is 22.3. The molecule has 5 nitrogen and oxygen atoms in total. The van der Waals surface area contributed by atoms with E-state index in [-0.39, 0.29) is 36.2 Å². The quantitative estimate of drug-likeness (QED) is 0.558. The average molecular weight is 471 g/mol. The second-order valence-corrected chi connectivity index (χ2v) is 9.56. The zero-order chi connectivity index (χ0) is 23.9. The van der Waals surface area contributed by atoms with Crippen LogP contribution in [0.1, 0.15) is 62.0 Å². The van der Waals surface area contributed by atoms with Crippen molar-refractivity contribution in [2.24, 2.45) is 5.92 Å². The van der Waals surface area contributed by atoms with Gasteiger partial charge in [0.25, 0.3) is 0 Å². The van der Waals surface area contributed by atoms with Gasteiger partial charge in [0.2, 0.25) is 5.91 Å². The molecular weight excluding hydrogens is 436 g/mol. The minimum atomic E-state index is -0.432. The van der Waals surface area contributed by atoms with Crippen molar-refractivity contribution in [3.05, 3.63) is 66.3 Å². The van der Waals surface area contributed by atoms with Crippen LogP contribution >= 0.6 is 0 Å². The van der Waals surface area contributed by atoms with Crippen LogP contribution in [0.15, 0.2) is 36.7 Å². The predicted molar refractivity (Wildman–Crippen MR) is 128 cm³/mol. The Labute approximate surface area is 200 Å². The summed E-state index contributed by atoms with van der Waals surface area (Å²) < 4.78 is 33.9. The van der Waals surface area contributed by atoms with Crippen molar-refractivity contribution in [3.8, 4) is 0 Å². The van der Waals surface area contributed by atoms with Gasteiger partial charge in [-0.2, -0.15) is 0 Å². The molecule has 1 aliphatic carbocycles. The molecule has 183 valence electrons. The Kier molecular flexibility index (Phi) is 8.62. The molecule has 1 aromatic carbocycles. The summed E-state index contributed by atoms with van der Waals surface area (Å²) in [6, 6.07) is 6.55. The maximum Gasteiger partial charge on any atom is 0.225 e. The summed E-state index contributed by atoms with van der Waals surface area (Å²) in [6.45, 7) is 5.12. The maximum absolute atomic E-state index is 14.7. The van der Waals surface area contributed by atoms with Crippen LogP contribution in [0, 0.1) is 24.5 Å². The highest BCUT2D eigenvalue weighted by Crippen LogP contribution is 2.38. The van der Waals surface area contributed by atoms with Crippen LogP contribution in [-0.2, 0) is 16.0 Å². The fourth-order valence-electron chi connectivity index (χ4n) is 5.19. The Balaban J connectivity index is 1.44. The lowest BCUT2D eigenvalue weighted by molar-refractivity contribution is -0.116. The van der Waals surface area contributed by atoms with Gasteiger partial charge in [-0.25, -0.2) is 8.78 Å². The van der Waals surface area contributed by atoms with Crippen LogP contribution in [0.3, 0.4) is 0 Å². The number of amides is 1. The molecule has 4 rings (SSSR count). The van der Waals surface area contributed by atoms with Crippen LogP contribution in [0.5, 0.6) is 0 Å². The lowest BCUT2D eigenvalue weighted by Crippen LogP contribution is -2.45. The largest absolute Gasteiger partial charge is 0.375 e. The van der Waals surface area contributed by atoms with Gasteiger partial charge < -0.3 is 15.4 Å². The molecule has 1 amide bonds. The second-order valence-electron chi connectivity index (χ2n) is 9.56. The molecule has 2 N–H and O–H groups in total. The maximum atomic E-state index is 14.7. The average Bonchev–Trinajstić information content (AvgIpc) is 2.84. The van der Waals surface area contributed by atoms with E-state index in [1.807, 2.05) is 0 Å². The highest BCUT2D eigenvalue weighted by Gasteiger charge is 2.28. The Hall–Kier alpha value is -2.38. The molecule has 2 aliphatic rings. The summed E-state index contributed by atoms with van der Waals surface area (Å²) in [5.41, 5.74) is 1.83. The first-order valence-electron chi connectivity index (χ1n) is 12.4. The van der Waals surface area contributed by atoms with Crippen molar-refractivity contribution in [2.75, 3.05) is 18.5 Å². The summed E-state index contributed by atoms with van der Waals surface area (Å²) in [5, 5.41) is 6.18. The number of hydrogen-bond acceptors (Lipinski definition) is 4. The second kappa shape index (κ2) is 11.8. The minimum absolute atomic E-state index is 0.00295. The number of nitrogens with zero attached hydrogens (tertiary/aromatic N) is 1. The van der Waals surface area contributed by atoms with E-state index in [1.54, 1.807) is 12.1 Å². The lowest BCUT2D eigenvalue weighted by atomic mass is 9.75. The first-order valence-corrected chi connectivity index (χ1v) is 12.4. The van der Waals surface area contributed by atoms with Gasteiger partial charge in [-0.1, -0.05) is 31.4 Å². The van der Waals surface area contributed by atoms with Crippen molar-refractivity contribution in [2.45, 2.75) is 69.4 Å². The molecule has 3 atom stereocenters. The van der Waals surface area contributed by atoms with Crippen molar-refractivity contribution in [1.82, 2.24) is 10.3 Å². The number of nitrogens with one attached hydrogen (secondary N) is 2. The third kappa shape index (κ3) is 6.60. The van der Waals surface area contributed by atoms with Gasteiger partial charge in [-0.3, -0.25) is 9.78 Å². The molecule has 1 radical (unpaired) electrons. The number of pyridine rings is 1. The van der Waals surface area contributed by atoms with Crippen LogP contribution in [-0.4, -0.2) is 36.2 Å². The van der Waals surface area contributed by atoms with E-state index in [0.717, 1.165) is 31.2 Å². The number of hydrogen-bond donors (Lipinski definition) is 2. The Morgan fingerprint density at radius 3 is 2.65 bits per heavy atom. The molecule has 1 aliphatic heterocycles. The molecule has 1 aromatic heterocycles.